The largest absolute Gasteiger partial charge is 0.382 e. The van der Waals surface area contributed by atoms with Gasteiger partial charge in [0, 0.05) is 19.3 Å². The highest BCUT2D eigenvalue weighted by atomic mass is 19.1. The summed E-state index contributed by atoms with van der Waals surface area (Å²) in [5, 5.41) is 0. The molecule has 0 aliphatic rings. The zero-order valence-corrected chi connectivity index (χ0v) is 10.3. The van der Waals surface area contributed by atoms with E-state index in [2.05, 4.69) is 5.43 Å². The topological polar surface area (TPSA) is 47.3 Å². The van der Waals surface area contributed by atoms with Crippen LogP contribution < -0.4 is 11.3 Å². The maximum atomic E-state index is 13.4. The highest BCUT2D eigenvalue weighted by Crippen LogP contribution is 2.11. The fourth-order valence-corrected chi connectivity index (χ4v) is 1.75. The zero-order chi connectivity index (χ0) is 12.5. The van der Waals surface area contributed by atoms with Crippen LogP contribution in [0, 0.1) is 5.82 Å². The molecule has 0 saturated carbocycles. The predicted molar refractivity (Wildman–Crippen MR) is 66.9 cm³/mol. The first-order valence-electron chi connectivity index (χ1n) is 6.05. The number of hydrazine groups is 1. The minimum atomic E-state index is -0.169. The Morgan fingerprint density at radius 3 is 2.82 bits per heavy atom. The summed E-state index contributed by atoms with van der Waals surface area (Å²) in [4.78, 5) is 0. The standard InChI is InChI=1S/C13H21FN2O/c1-2-17-9-5-7-12(16-15)10-11-6-3-4-8-13(11)14/h3-4,6,8,12,16H,2,5,7,9-10,15H2,1H3. The highest BCUT2D eigenvalue weighted by Gasteiger charge is 2.10. The molecule has 3 nitrogen and oxygen atoms in total. The van der Waals surface area contributed by atoms with Gasteiger partial charge in [-0.3, -0.25) is 11.3 Å². The molecule has 0 saturated heterocycles. The average Bonchev–Trinajstić information content (AvgIpc) is 2.35. The van der Waals surface area contributed by atoms with Crippen LogP contribution in [-0.4, -0.2) is 19.3 Å². The Hall–Kier alpha value is -0.970. The molecule has 17 heavy (non-hydrogen) atoms. The van der Waals surface area contributed by atoms with Gasteiger partial charge in [-0.2, -0.15) is 0 Å². The van der Waals surface area contributed by atoms with Crippen LogP contribution in [0.4, 0.5) is 4.39 Å². The van der Waals surface area contributed by atoms with Gasteiger partial charge in [-0.15, -0.1) is 0 Å². The van der Waals surface area contributed by atoms with Crippen molar-refractivity contribution in [1.29, 1.82) is 0 Å². The summed E-state index contributed by atoms with van der Waals surface area (Å²) < 4.78 is 18.7. The minimum absolute atomic E-state index is 0.0901. The lowest BCUT2D eigenvalue weighted by Gasteiger charge is -2.16. The Balaban J connectivity index is 2.38. The van der Waals surface area contributed by atoms with Gasteiger partial charge in [0.2, 0.25) is 0 Å². The van der Waals surface area contributed by atoms with E-state index in [9.17, 15) is 4.39 Å². The molecule has 0 amide bonds. The van der Waals surface area contributed by atoms with E-state index in [1.54, 1.807) is 12.1 Å². The lowest BCUT2D eigenvalue weighted by atomic mass is 10.0. The SMILES string of the molecule is CCOCCCC(Cc1ccccc1F)NN. The van der Waals surface area contributed by atoms with Gasteiger partial charge in [0.15, 0.2) is 0 Å². The number of nitrogens with two attached hydrogens (primary N) is 1. The third-order valence-electron chi connectivity index (χ3n) is 2.71. The highest BCUT2D eigenvalue weighted by molar-refractivity contribution is 5.18. The van der Waals surface area contributed by atoms with Gasteiger partial charge in [-0.25, -0.2) is 4.39 Å². The van der Waals surface area contributed by atoms with E-state index >= 15 is 0 Å². The summed E-state index contributed by atoms with van der Waals surface area (Å²) in [5.74, 6) is 5.30. The second kappa shape index (κ2) is 8.17. The normalized spacial score (nSPS) is 12.6. The number of hydrogen-bond acceptors (Lipinski definition) is 3. The molecule has 1 aromatic carbocycles. The molecule has 1 unspecified atom stereocenters. The summed E-state index contributed by atoms with van der Waals surface area (Å²) in [7, 11) is 0. The van der Waals surface area contributed by atoms with E-state index < -0.39 is 0 Å². The number of hydrogen-bond donors (Lipinski definition) is 2. The van der Waals surface area contributed by atoms with Crippen LogP contribution in [-0.2, 0) is 11.2 Å². The molecule has 0 heterocycles. The average molecular weight is 240 g/mol. The summed E-state index contributed by atoms with van der Waals surface area (Å²) in [5.41, 5.74) is 3.43. The van der Waals surface area contributed by atoms with Crippen molar-refractivity contribution < 1.29 is 9.13 Å². The van der Waals surface area contributed by atoms with Crippen molar-refractivity contribution >= 4 is 0 Å². The molecule has 96 valence electrons. The molecule has 1 atom stereocenters. The van der Waals surface area contributed by atoms with Crippen molar-refractivity contribution in [3.8, 4) is 0 Å². The van der Waals surface area contributed by atoms with Crippen molar-refractivity contribution in [3.63, 3.8) is 0 Å². The number of rotatable bonds is 8. The second-order valence-corrected chi connectivity index (χ2v) is 4.00. The van der Waals surface area contributed by atoms with Crippen LogP contribution >= 0.6 is 0 Å². The lowest BCUT2D eigenvalue weighted by molar-refractivity contribution is 0.140. The van der Waals surface area contributed by atoms with Crippen LogP contribution in [0.3, 0.4) is 0 Å². The summed E-state index contributed by atoms with van der Waals surface area (Å²) in [6, 6.07) is 6.89. The van der Waals surface area contributed by atoms with Gasteiger partial charge < -0.3 is 4.74 Å². The molecule has 0 spiro atoms. The van der Waals surface area contributed by atoms with Crippen LogP contribution in [0.15, 0.2) is 24.3 Å². The van der Waals surface area contributed by atoms with E-state index in [0.29, 0.717) is 12.0 Å². The lowest BCUT2D eigenvalue weighted by Crippen LogP contribution is -2.37. The molecular weight excluding hydrogens is 219 g/mol. The first-order valence-corrected chi connectivity index (χ1v) is 6.05. The van der Waals surface area contributed by atoms with E-state index in [-0.39, 0.29) is 11.9 Å². The van der Waals surface area contributed by atoms with Crippen molar-refractivity contribution in [3.05, 3.63) is 35.6 Å². The van der Waals surface area contributed by atoms with Crippen LogP contribution in [0.5, 0.6) is 0 Å². The number of nitrogens with one attached hydrogen (secondary N) is 1. The van der Waals surface area contributed by atoms with E-state index in [1.807, 2.05) is 13.0 Å². The predicted octanol–water partition coefficient (Wildman–Crippen LogP) is 2.02. The van der Waals surface area contributed by atoms with E-state index in [4.69, 9.17) is 10.6 Å². The third-order valence-corrected chi connectivity index (χ3v) is 2.71. The van der Waals surface area contributed by atoms with Crippen molar-refractivity contribution in [2.24, 2.45) is 5.84 Å². The van der Waals surface area contributed by atoms with Crippen molar-refractivity contribution in [2.75, 3.05) is 13.2 Å². The Kier molecular flexibility index (Phi) is 6.77. The molecule has 0 aromatic heterocycles. The van der Waals surface area contributed by atoms with Crippen molar-refractivity contribution in [1.82, 2.24) is 5.43 Å². The fraction of sp³-hybridized carbons (Fsp3) is 0.538. The summed E-state index contributed by atoms with van der Waals surface area (Å²) >= 11 is 0. The molecule has 0 fully saturated rings. The second-order valence-electron chi connectivity index (χ2n) is 4.00. The number of ether oxygens (including phenoxy) is 1. The summed E-state index contributed by atoms with van der Waals surface area (Å²) in [6.45, 7) is 3.43. The quantitative estimate of drug-likeness (QED) is 0.415. The van der Waals surface area contributed by atoms with Gasteiger partial charge in [-0.1, -0.05) is 18.2 Å². The summed E-state index contributed by atoms with van der Waals surface area (Å²) in [6.07, 6.45) is 2.41. The maximum Gasteiger partial charge on any atom is 0.126 e. The smallest absolute Gasteiger partial charge is 0.126 e. The van der Waals surface area contributed by atoms with E-state index in [0.717, 1.165) is 26.1 Å². The monoisotopic (exact) mass is 240 g/mol. The van der Waals surface area contributed by atoms with Gasteiger partial charge >= 0.3 is 0 Å². The molecule has 0 bridgehead atoms. The van der Waals surface area contributed by atoms with Gasteiger partial charge in [0.25, 0.3) is 0 Å². The van der Waals surface area contributed by atoms with Crippen LogP contribution in [0.2, 0.25) is 0 Å². The Morgan fingerprint density at radius 2 is 2.18 bits per heavy atom. The Bertz CT molecular complexity index is 320. The number of halogens is 1. The Morgan fingerprint density at radius 1 is 1.41 bits per heavy atom. The van der Waals surface area contributed by atoms with Crippen LogP contribution in [0.1, 0.15) is 25.3 Å². The molecule has 1 aromatic rings. The maximum absolute atomic E-state index is 13.4. The molecular formula is C13H21FN2O. The minimum Gasteiger partial charge on any atom is -0.382 e. The Labute approximate surface area is 102 Å². The molecule has 0 radical (unpaired) electrons. The van der Waals surface area contributed by atoms with Crippen LogP contribution in [0.25, 0.3) is 0 Å². The molecule has 1 rings (SSSR count). The third kappa shape index (κ3) is 5.26. The first-order chi connectivity index (χ1) is 8.27. The van der Waals surface area contributed by atoms with E-state index in [1.165, 1.54) is 6.07 Å². The van der Waals surface area contributed by atoms with Crippen molar-refractivity contribution in [2.45, 2.75) is 32.2 Å². The molecule has 0 aliphatic heterocycles. The molecule has 4 heteroatoms. The number of benzene rings is 1. The van der Waals surface area contributed by atoms with Gasteiger partial charge in [0.05, 0.1) is 0 Å². The fourth-order valence-electron chi connectivity index (χ4n) is 1.75. The van der Waals surface area contributed by atoms with Gasteiger partial charge in [-0.05, 0) is 37.8 Å². The first kappa shape index (κ1) is 14.1. The zero-order valence-electron chi connectivity index (χ0n) is 10.3. The molecule has 0 aliphatic carbocycles. The molecule has 3 N–H and O–H groups in total. The van der Waals surface area contributed by atoms with Gasteiger partial charge in [0.1, 0.15) is 5.82 Å².